The summed E-state index contributed by atoms with van der Waals surface area (Å²) in [6.07, 6.45) is 24.9. The van der Waals surface area contributed by atoms with Crippen molar-refractivity contribution < 1.29 is 0 Å². The number of allylic oxidation sites excluding steroid dienone is 4. The number of nitrogens with two attached hydrogens (primary N) is 1. The van der Waals surface area contributed by atoms with Crippen LogP contribution in [-0.4, -0.2) is 6.54 Å². The molecule has 1 heteroatoms. The van der Waals surface area contributed by atoms with E-state index in [-0.39, 0.29) is 0 Å². The molecule has 112 valence electrons. The van der Waals surface area contributed by atoms with Crippen molar-refractivity contribution in [2.24, 2.45) is 5.73 Å². The third-order valence-corrected chi connectivity index (χ3v) is 3.43. The van der Waals surface area contributed by atoms with Gasteiger partial charge in [-0.2, -0.15) is 0 Å². The molecule has 0 atom stereocenters. The van der Waals surface area contributed by atoms with Crippen molar-refractivity contribution >= 4 is 0 Å². The predicted octanol–water partition coefficient (Wildman–Crippen LogP) is 5.76. The van der Waals surface area contributed by atoms with Crippen molar-refractivity contribution in [2.45, 2.75) is 84.0 Å². The molecule has 0 spiro atoms. The molecular weight excluding hydrogens is 230 g/mol. The van der Waals surface area contributed by atoms with Gasteiger partial charge >= 0.3 is 0 Å². The molecule has 1 nitrogen and oxygen atoms in total. The summed E-state index contributed by atoms with van der Waals surface area (Å²) in [6, 6.07) is 0. The summed E-state index contributed by atoms with van der Waals surface area (Å²) >= 11 is 0. The molecule has 0 aliphatic rings. The highest BCUT2D eigenvalue weighted by Gasteiger charge is 1.89. The molecule has 0 heterocycles. The topological polar surface area (TPSA) is 26.0 Å². The molecule has 0 aromatic heterocycles. The Kier molecular flexibility index (Phi) is 16.9. The smallest absolute Gasteiger partial charge is 0.00773 e. The molecule has 0 aromatic rings. The molecular formula is C18H35N. The first kappa shape index (κ1) is 18.4. The van der Waals surface area contributed by atoms with Crippen LogP contribution in [0.15, 0.2) is 24.3 Å². The van der Waals surface area contributed by atoms with Crippen LogP contribution in [0.2, 0.25) is 0 Å². The van der Waals surface area contributed by atoms with Gasteiger partial charge in [-0.1, -0.05) is 76.2 Å². The zero-order valence-corrected chi connectivity index (χ0v) is 13.1. The normalized spacial score (nSPS) is 11.9. The van der Waals surface area contributed by atoms with Gasteiger partial charge in [0.25, 0.3) is 0 Å². The molecule has 0 aliphatic carbocycles. The van der Waals surface area contributed by atoms with Gasteiger partial charge in [-0.3, -0.25) is 0 Å². The Morgan fingerprint density at radius 1 is 0.632 bits per heavy atom. The van der Waals surface area contributed by atoms with Crippen LogP contribution >= 0.6 is 0 Å². The minimum atomic E-state index is 0.855. The van der Waals surface area contributed by atoms with E-state index in [0.29, 0.717) is 0 Å². The maximum atomic E-state index is 5.47. The van der Waals surface area contributed by atoms with Crippen LogP contribution in [0.1, 0.15) is 84.0 Å². The van der Waals surface area contributed by atoms with E-state index in [9.17, 15) is 0 Å². The SMILES string of the molecule is CCCCCC/C=C/C=C/CCCCCCCCN. The second kappa shape index (κ2) is 17.4. The lowest BCUT2D eigenvalue weighted by atomic mass is 10.1. The summed E-state index contributed by atoms with van der Waals surface area (Å²) in [6.45, 7) is 3.12. The highest BCUT2D eigenvalue weighted by Crippen LogP contribution is 2.07. The largest absolute Gasteiger partial charge is 0.330 e. The Bertz CT molecular complexity index is 206. The van der Waals surface area contributed by atoms with Crippen molar-refractivity contribution in [1.82, 2.24) is 0 Å². The van der Waals surface area contributed by atoms with E-state index in [1.165, 1.54) is 77.0 Å². The van der Waals surface area contributed by atoms with E-state index in [0.717, 1.165) is 6.54 Å². The fourth-order valence-electron chi connectivity index (χ4n) is 2.15. The van der Waals surface area contributed by atoms with Crippen molar-refractivity contribution in [3.8, 4) is 0 Å². The van der Waals surface area contributed by atoms with Crippen LogP contribution in [0.4, 0.5) is 0 Å². The maximum absolute atomic E-state index is 5.47. The number of hydrogen-bond donors (Lipinski definition) is 1. The molecule has 0 fully saturated rings. The van der Waals surface area contributed by atoms with E-state index in [2.05, 4.69) is 31.2 Å². The monoisotopic (exact) mass is 265 g/mol. The van der Waals surface area contributed by atoms with Crippen molar-refractivity contribution in [1.29, 1.82) is 0 Å². The molecule has 0 unspecified atom stereocenters. The standard InChI is InChI=1S/C18H35N/c1-2-3-4-5-6-7-8-9-10-11-12-13-14-15-16-17-18-19/h7-10H,2-6,11-19H2,1H3/b8-7+,10-9+. The molecule has 0 rings (SSSR count). The van der Waals surface area contributed by atoms with Gasteiger partial charge < -0.3 is 5.73 Å². The zero-order chi connectivity index (χ0) is 14.0. The first-order valence-corrected chi connectivity index (χ1v) is 8.43. The van der Waals surface area contributed by atoms with Gasteiger partial charge in [0.1, 0.15) is 0 Å². The van der Waals surface area contributed by atoms with E-state index < -0.39 is 0 Å². The van der Waals surface area contributed by atoms with Gasteiger partial charge in [0.15, 0.2) is 0 Å². The van der Waals surface area contributed by atoms with Gasteiger partial charge in [0.05, 0.1) is 0 Å². The lowest BCUT2D eigenvalue weighted by Gasteiger charge is -1.98. The van der Waals surface area contributed by atoms with E-state index in [1.807, 2.05) is 0 Å². The van der Waals surface area contributed by atoms with Crippen molar-refractivity contribution in [2.75, 3.05) is 6.54 Å². The molecule has 0 aliphatic heterocycles. The Balaban J connectivity index is 3.14. The second-order valence-electron chi connectivity index (χ2n) is 5.40. The molecule has 0 bridgehead atoms. The fraction of sp³-hybridized carbons (Fsp3) is 0.778. The number of unbranched alkanes of at least 4 members (excludes halogenated alkanes) is 10. The predicted molar refractivity (Wildman–Crippen MR) is 88.4 cm³/mol. The summed E-state index contributed by atoms with van der Waals surface area (Å²) < 4.78 is 0. The summed E-state index contributed by atoms with van der Waals surface area (Å²) in [4.78, 5) is 0. The lowest BCUT2D eigenvalue weighted by Crippen LogP contribution is -1.97. The van der Waals surface area contributed by atoms with Gasteiger partial charge in [-0.05, 0) is 38.6 Å². The molecule has 0 saturated carbocycles. The maximum Gasteiger partial charge on any atom is -0.00773 e. The fourth-order valence-corrected chi connectivity index (χ4v) is 2.15. The molecule has 0 radical (unpaired) electrons. The highest BCUT2D eigenvalue weighted by molar-refractivity contribution is 5.02. The van der Waals surface area contributed by atoms with E-state index in [1.54, 1.807) is 0 Å². The van der Waals surface area contributed by atoms with Crippen LogP contribution in [0.25, 0.3) is 0 Å². The molecule has 0 aromatic carbocycles. The summed E-state index contributed by atoms with van der Waals surface area (Å²) in [7, 11) is 0. The average Bonchev–Trinajstić information content (AvgIpc) is 2.43. The third-order valence-electron chi connectivity index (χ3n) is 3.43. The van der Waals surface area contributed by atoms with Gasteiger partial charge in [0.2, 0.25) is 0 Å². The number of hydrogen-bond acceptors (Lipinski definition) is 1. The second-order valence-corrected chi connectivity index (χ2v) is 5.40. The van der Waals surface area contributed by atoms with Crippen LogP contribution in [0.5, 0.6) is 0 Å². The first-order chi connectivity index (χ1) is 9.41. The van der Waals surface area contributed by atoms with Crippen molar-refractivity contribution in [3.05, 3.63) is 24.3 Å². The average molecular weight is 265 g/mol. The third kappa shape index (κ3) is 17.4. The molecule has 0 saturated heterocycles. The summed E-state index contributed by atoms with van der Waals surface area (Å²) in [5.41, 5.74) is 5.47. The quantitative estimate of drug-likeness (QED) is 0.314. The summed E-state index contributed by atoms with van der Waals surface area (Å²) in [5.74, 6) is 0. The Hall–Kier alpha value is -0.560. The minimum absolute atomic E-state index is 0.855. The Morgan fingerprint density at radius 2 is 1.11 bits per heavy atom. The lowest BCUT2D eigenvalue weighted by molar-refractivity contribution is 0.601. The zero-order valence-electron chi connectivity index (χ0n) is 13.1. The summed E-state index contributed by atoms with van der Waals surface area (Å²) in [5, 5.41) is 0. The van der Waals surface area contributed by atoms with Gasteiger partial charge in [-0.25, -0.2) is 0 Å². The minimum Gasteiger partial charge on any atom is -0.330 e. The van der Waals surface area contributed by atoms with Gasteiger partial charge in [0, 0.05) is 0 Å². The molecule has 19 heavy (non-hydrogen) atoms. The van der Waals surface area contributed by atoms with Gasteiger partial charge in [-0.15, -0.1) is 0 Å². The highest BCUT2D eigenvalue weighted by atomic mass is 14.5. The van der Waals surface area contributed by atoms with Crippen LogP contribution in [0.3, 0.4) is 0 Å². The number of rotatable bonds is 14. The van der Waals surface area contributed by atoms with Crippen LogP contribution in [0, 0.1) is 0 Å². The van der Waals surface area contributed by atoms with Crippen molar-refractivity contribution in [3.63, 3.8) is 0 Å². The van der Waals surface area contributed by atoms with Crippen LogP contribution in [-0.2, 0) is 0 Å². The van der Waals surface area contributed by atoms with E-state index >= 15 is 0 Å². The Morgan fingerprint density at radius 3 is 1.63 bits per heavy atom. The first-order valence-electron chi connectivity index (χ1n) is 8.43. The molecule has 2 N–H and O–H groups in total. The molecule has 0 amide bonds. The Labute approximate surface area is 121 Å². The van der Waals surface area contributed by atoms with E-state index in [4.69, 9.17) is 5.73 Å². The van der Waals surface area contributed by atoms with Crippen LogP contribution < -0.4 is 5.73 Å².